The highest BCUT2D eigenvalue weighted by Gasteiger charge is 2.59. The summed E-state index contributed by atoms with van der Waals surface area (Å²) in [4.78, 5) is 19.4. The van der Waals surface area contributed by atoms with Crippen molar-refractivity contribution < 1.29 is 14.3 Å². The topological polar surface area (TPSA) is 51.7 Å². The van der Waals surface area contributed by atoms with E-state index < -0.39 is 5.41 Å². The number of likely N-dealkylation sites (N-methyl/N-ethyl adjacent to an activating group) is 1. The van der Waals surface area contributed by atoms with E-state index in [1.807, 2.05) is 25.4 Å². The maximum absolute atomic E-state index is 13.1. The molecular formula is C20H21BrN2O3. The molecule has 3 aliphatic rings. The summed E-state index contributed by atoms with van der Waals surface area (Å²) in [5.41, 5.74) is 2.48. The third kappa shape index (κ3) is 2.35. The van der Waals surface area contributed by atoms with Gasteiger partial charge in [0.15, 0.2) is 6.29 Å². The van der Waals surface area contributed by atoms with Gasteiger partial charge < -0.3 is 14.4 Å². The molecule has 0 bridgehead atoms. The molecule has 1 aromatic heterocycles. The van der Waals surface area contributed by atoms with E-state index >= 15 is 0 Å². The molecule has 1 amide bonds. The lowest BCUT2D eigenvalue weighted by Gasteiger charge is -2.45. The minimum Gasteiger partial charge on any atom is -0.353 e. The molecule has 2 aromatic rings. The zero-order chi connectivity index (χ0) is 17.9. The molecule has 2 fully saturated rings. The molecule has 1 saturated heterocycles. The Morgan fingerprint density at radius 3 is 2.96 bits per heavy atom. The Bertz CT molecular complexity index is 888. The normalized spacial score (nSPS) is 30.7. The van der Waals surface area contributed by atoms with E-state index in [1.165, 1.54) is 0 Å². The number of pyridine rings is 1. The molecule has 0 radical (unpaired) electrons. The van der Waals surface area contributed by atoms with E-state index in [0.29, 0.717) is 12.8 Å². The number of ether oxygens (including phenoxy) is 2. The average Bonchev–Trinajstić information content (AvgIpc) is 2.85. The van der Waals surface area contributed by atoms with E-state index in [4.69, 9.17) is 9.47 Å². The summed E-state index contributed by atoms with van der Waals surface area (Å²) < 4.78 is 12.8. The second-order valence-electron chi connectivity index (χ2n) is 7.59. The van der Waals surface area contributed by atoms with Crippen LogP contribution in [0.1, 0.15) is 37.7 Å². The number of benzene rings is 1. The van der Waals surface area contributed by atoms with Crippen molar-refractivity contribution in [1.82, 2.24) is 4.98 Å². The van der Waals surface area contributed by atoms with E-state index in [-0.39, 0.29) is 18.3 Å². The highest BCUT2D eigenvalue weighted by Crippen LogP contribution is 2.56. The van der Waals surface area contributed by atoms with E-state index in [9.17, 15) is 4.79 Å². The Morgan fingerprint density at radius 2 is 2.19 bits per heavy atom. The first-order valence-corrected chi connectivity index (χ1v) is 10.0. The Hall–Kier alpha value is -1.50. The molecule has 1 aliphatic carbocycles. The average molecular weight is 417 g/mol. The van der Waals surface area contributed by atoms with Crippen LogP contribution >= 0.6 is 15.9 Å². The number of hydrogen-bond acceptors (Lipinski definition) is 4. The molecule has 1 saturated carbocycles. The van der Waals surface area contributed by atoms with E-state index in [2.05, 4.69) is 27.0 Å². The van der Waals surface area contributed by atoms with Gasteiger partial charge in [-0.05, 0) is 50.3 Å². The van der Waals surface area contributed by atoms with Crippen molar-refractivity contribution in [1.29, 1.82) is 0 Å². The zero-order valence-electron chi connectivity index (χ0n) is 14.7. The van der Waals surface area contributed by atoms with Crippen molar-refractivity contribution in [2.45, 2.75) is 49.9 Å². The quantitative estimate of drug-likeness (QED) is 0.744. The first-order chi connectivity index (χ1) is 12.6. The SMILES string of the molecule is CN1C(=O)C2(CC(OC3CCCCO3)C2)c2c1cnc1ccc(Br)cc21. The highest BCUT2D eigenvalue weighted by molar-refractivity contribution is 9.10. The van der Waals surface area contributed by atoms with Crippen LogP contribution in [-0.2, 0) is 19.7 Å². The number of aromatic nitrogens is 1. The van der Waals surface area contributed by atoms with Crippen molar-refractivity contribution in [2.24, 2.45) is 0 Å². The number of carbonyl (C=O) groups excluding carboxylic acids is 1. The number of nitrogens with zero attached hydrogens (tertiary/aromatic N) is 2. The molecule has 3 heterocycles. The Morgan fingerprint density at radius 1 is 1.35 bits per heavy atom. The third-order valence-electron chi connectivity index (χ3n) is 6.00. The van der Waals surface area contributed by atoms with Crippen molar-refractivity contribution in [3.8, 4) is 0 Å². The van der Waals surface area contributed by atoms with Crippen LogP contribution in [0, 0.1) is 0 Å². The number of amides is 1. The second kappa shape index (κ2) is 6.01. The van der Waals surface area contributed by atoms with Crippen LogP contribution in [0.2, 0.25) is 0 Å². The van der Waals surface area contributed by atoms with Gasteiger partial charge in [0, 0.05) is 29.1 Å². The zero-order valence-corrected chi connectivity index (χ0v) is 16.3. The summed E-state index contributed by atoms with van der Waals surface area (Å²) in [5.74, 6) is 0.159. The van der Waals surface area contributed by atoms with Crippen LogP contribution in [0.5, 0.6) is 0 Å². The minimum absolute atomic E-state index is 0.0803. The number of rotatable bonds is 2. The van der Waals surface area contributed by atoms with Gasteiger partial charge in [0.05, 0.1) is 28.9 Å². The number of carbonyl (C=O) groups is 1. The van der Waals surface area contributed by atoms with Crippen LogP contribution in [0.25, 0.3) is 10.9 Å². The molecular weight excluding hydrogens is 396 g/mol. The van der Waals surface area contributed by atoms with Gasteiger partial charge in [0.25, 0.3) is 0 Å². The van der Waals surface area contributed by atoms with Gasteiger partial charge in [0.2, 0.25) is 5.91 Å². The second-order valence-corrected chi connectivity index (χ2v) is 8.50. The fraction of sp³-hybridized carbons (Fsp3) is 0.500. The molecule has 1 unspecified atom stereocenters. The van der Waals surface area contributed by atoms with Crippen LogP contribution in [0.3, 0.4) is 0 Å². The largest absolute Gasteiger partial charge is 0.353 e. The van der Waals surface area contributed by atoms with Gasteiger partial charge in [-0.2, -0.15) is 0 Å². The van der Waals surface area contributed by atoms with E-state index in [1.54, 1.807) is 4.90 Å². The number of hydrogen-bond donors (Lipinski definition) is 0. The van der Waals surface area contributed by atoms with Crippen LogP contribution in [-0.4, -0.2) is 36.9 Å². The molecule has 2 aliphatic heterocycles. The van der Waals surface area contributed by atoms with Gasteiger partial charge in [-0.1, -0.05) is 15.9 Å². The molecule has 5 rings (SSSR count). The van der Waals surface area contributed by atoms with Crippen molar-refractivity contribution in [2.75, 3.05) is 18.6 Å². The Balaban J connectivity index is 1.50. The lowest BCUT2D eigenvalue weighted by atomic mass is 9.62. The van der Waals surface area contributed by atoms with Crippen molar-refractivity contribution in [3.63, 3.8) is 0 Å². The summed E-state index contributed by atoms with van der Waals surface area (Å²) >= 11 is 3.56. The first kappa shape index (κ1) is 16.7. The lowest BCUT2D eigenvalue weighted by molar-refractivity contribution is -0.212. The van der Waals surface area contributed by atoms with Crippen molar-refractivity contribution >= 4 is 38.4 Å². The molecule has 136 valence electrons. The highest BCUT2D eigenvalue weighted by atomic mass is 79.9. The predicted molar refractivity (Wildman–Crippen MR) is 102 cm³/mol. The summed E-state index contributed by atoms with van der Waals surface area (Å²) in [6, 6.07) is 6.06. The lowest BCUT2D eigenvalue weighted by Crippen LogP contribution is -2.53. The maximum Gasteiger partial charge on any atom is 0.237 e. The molecule has 26 heavy (non-hydrogen) atoms. The fourth-order valence-electron chi connectivity index (χ4n) is 4.67. The van der Waals surface area contributed by atoms with Gasteiger partial charge in [-0.15, -0.1) is 0 Å². The summed E-state index contributed by atoms with van der Waals surface area (Å²) in [6.07, 6.45) is 6.45. The van der Waals surface area contributed by atoms with Crippen molar-refractivity contribution in [3.05, 3.63) is 34.4 Å². The predicted octanol–water partition coefficient (Wildman–Crippen LogP) is 3.92. The van der Waals surface area contributed by atoms with Crippen LogP contribution < -0.4 is 4.90 Å². The maximum atomic E-state index is 13.1. The van der Waals surface area contributed by atoms with Gasteiger partial charge >= 0.3 is 0 Å². The fourth-order valence-corrected chi connectivity index (χ4v) is 5.04. The van der Waals surface area contributed by atoms with Gasteiger partial charge in [0.1, 0.15) is 0 Å². The monoisotopic (exact) mass is 416 g/mol. The molecule has 1 spiro atoms. The number of fused-ring (bicyclic) bond motifs is 4. The van der Waals surface area contributed by atoms with Crippen LogP contribution in [0.15, 0.2) is 28.9 Å². The summed E-state index contributed by atoms with van der Waals surface area (Å²) in [6.45, 7) is 0.775. The minimum atomic E-state index is -0.481. The molecule has 5 nitrogen and oxygen atoms in total. The molecule has 1 aromatic carbocycles. The van der Waals surface area contributed by atoms with Crippen LogP contribution in [0.4, 0.5) is 5.69 Å². The molecule has 0 N–H and O–H groups in total. The van der Waals surface area contributed by atoms with Gasteiger partial charge in [-0.3, -0.25) is 9.78 Å². The third-order valence-corrected chi connectivity index (χ3v) is 6.49. The number of halogens is 1. The van der Waals surface area contributed by atoms with Gasteiger partial charge in [-0.25, -0.2) is 0 Å². The van der Waals surface area contributed by atoms with E-state index in [0.717, 1.165) is 52.5 Å². The summed E-state index contributed by atoms with van der Waals surface area (Å²) in [7, 11) is 1.85. The molecule has 6 heteroatoms. The Kier molecular flexibility index (Phi) is 3.85. The number of anilines is 1. The summed E-state index contributed by atoms with van der Waals surface area (Å²) in [5, 5.41) is 1.06. The standard InChI is InChI=1S/C20H21BrN2O3/c1-23-16-11-22-15-6-5-12(21)8-14(15)18(16)20(19(23)24)9-13(10-20)26-17-4-2-3-7-25-17/h5-6,8,11,13,17H,2-4,7,9-10H2,1H3. The smallest absolute Gasteiger partial charge is 0.237 e. The molecule has 1 atom stereocenters. The Labute approximate surface area is 160 Å². The first-order valence-electron chi connectivity index (χ1n) is 9.22.